The van der Waals surface area contributed by atoms with Gasteiger partial charge in [-0.3, -0.25) is 18.6 Å². The lowest BCUT2D eigenvalue weighted by Crippen LogP contribution is -2.27. The smallest absolute Gasteiger partial charge is 0.262 e. The van der Waals surface area contributed by atoms with Crippen LogP contribution in [0.3, 0.4) is 0 Å². The molecule has 1 atom stereocenters. The minimum Gasteiger partial charge on any atom is -0.280 e. The average molecular weight is 455 g/mol. The van der Waals surface area contributed by atoms with Gasteiger partial charge >= 0.3 is 0 Å². The second-order valence-electron chi connectivity index (χ2n) is 7.93. The van der Waals surface area contributed by atoms with Gasteiger partial charge in [-0.25, -0.2) is 9.97 Å². The first-order valence-electron chi connectivity index (χ1n) is 10.7. The average Bonchev–Trinajstić information content (AvgIpc) is 2.84. The monoisotopic (exact) mass is 454 g/mol. The van der Waals surface area contributed by atoms with Crippen LogP contribution in [0.1, 0.15) is 29.8 Å². The summed E-state index contributed by atoms with van der Waals surface area (Å²) in [4.78, 5) is 35.6. The molecule has 3 aromatic heterocycles. The van der Waals surface area contributed by atoms with Crippen molar-refractivity contribution in [1.29, 1.82) is 0 Å². The number of rotatable bonds is 5. The third-order valence-electron chi connectivity index (χ3n) is 5.73. The number of benzene rings is 2. The maximum atomic E-state index is 13.5. The van der Waals surface area contributed by atoms with Crippen molar-refractivity contribution < 1.29 is 0 Å². The van der Waals surface area contributed by atoms with Crippen LogP contribution in [-0.4, -0.2) is 18.9 Å². The molecule has 7 heteroatoms. The van der Waals surface area contributed by atoms with Crippen molar-refractivity contribution in [3.05, 3.63) is 117 Å². The summed E-state index contributed by atoms with van der Waals surface area (Å²) in [5.74, 6) is 0.423. The first-order valence-corrected chi connectivity index (χ1v) is 11.7. The molecule has 0 bridgehead atoms. The second kappa shape index (κ2) is 8.67. The van der Waals surface area contributed by atoms with Crippen LogP contribution >= 0.6 is 11.8 Å². The van der Waals surface area contributed by atoms with E-state index in [1.54, 1.807) is 21.2 Å². The number of aryl methyl sites for hydroxylation is 1. The van der Waals surface area contributed by atoms with Gasteiger partial charge in [-0.2, -0.15) is 0 Å². The van der Waals surface area contributed by atoms with Crippen LogP contribution in [0.2, 0.25) is 0 Å². The minimum atomic E-state index is -0.198. The number of hydrogen-bond donors (Lipinski definition) is 0. The quantitative estimate of drug-likeness (QED) is 0.286. The molecule has 0 unspecified atom stereocenters. The molecule has 0 aliphatic heterocycles. The number of nitrogens with zero attached hydrogens (tertiary/aromatic N) is 4. The Hall–Kier alpha value is -3.71. The summed E-state index contributed by atoms with van der Waals surface area (Å²) < 4.78 is 3.28. The van der Waals surface area contributed by atoms with Crippen LogP contribution in [0.5, 0.6) is 0 Å². The standard InChI is InChI=1S/C26H22N4O2S/c1-17-9-8-14-29-23(31)15-20(27-24(17)29)16-33-26-28-22-13-7-6-12-21(22)25(32)30(26)18(2)19-10-4-3-5-11-19/h3-15,18H,16H2,1-2H3/t18-/m0/s1. The number of thioether (sulfide) groups is 1. The number of aromatic nitrogens is 4. The van der Waals surface area contributed by atoms with E-state index in [2.05, 4.69) is 0 Å². The van der Waals surface area contributed by atoms with Crippen LogP contribution < -0.4 is 11.1 Å². The Morgan fingerprint density at radius 3 is 2.52 bits per heavy atom. The molecule has 3 heterocycles. The van der Waals surface area contributed by atoms with Crippen molar-refractivity contribution in [3.8, 4) is 0 Å². The highest BCUT2D eigenvalue weighted by Gasteiger charge is 2.18. The third kappa shape index (κ3) is 3.96. The van der Waals surface area contributed by atoms with E-state index in [1.807, 2.05) is 80.6 Å². The molecular formula is C26H22N4O2S. The molecule has 0 aliphatic carbocycles. The number of fused-ring (bicyclic) bond motifs is 2. The fourth-order valence-corrected chi connectivity index (χ4v) is 4.94. The van der Waals surface area contributed by atoms with Crippen molar-refractivity contribution in [3.63, 3.8) is 0 Å². The molecule has 0 radical (unpaired) electrons. The molecule has 0 fully saturated rings. The van der Waals surface area contributed by atoms with Crippen molar-refractivity contribution in [2.45, 2.75) is 30.8 Å². The van der Waals surface area contributed by atoms with Gasteiger partial charge in [0.25, 0.3) is 11.1 Å². The molecule has 33 heavy (non-hydrogen) atoms. The van der Waals surface area contributed by atoms with Crippen molar-refractivity contribution >= 4 is 28.3 Å². The minimum absolute atomic E-state index is 0.0816. The van der Waals surface area contributed by atoms with Gasteiger partial charge in [-0.15, -0.1) is 0 Å². The zero-order chi connectivity index (χ0) is 22.9. The first-order chi connectivity index (χ1) is 16.0. The van der Waals surface area contributed by atoms with Crippen LogP contribution in [0, 0.1) is 6.92 Å². The Morgan fingerprint density at radius 1 is 0.939 bits per heavy atom. The van der Waals surface area contributed by atoms with Crippen molar-refractivity contribution in [2.75, 3.05) is 0 Å². The lowest BCUT2D eigenvalue weighted by atomic mass is 10.1. The van der Waals surface area contributed by atoms with Gasteiger partial charge < -0.3 is 0 Å². The summed E-state index contributed by atoms with van der Waals surface area (Å²) in [6.45, 7) is 3.93. The normalized spacial score (nSPS) is 12.3. The molecule has 0 spiro atoms. The lowest BCUT2D eigenvalue weighted by Gasteiger charge is -2.20. The number of pyridine rings is 1. The highest BCUT2D eigenvalue weighted by molar-refractivity contribution is 7.98. The van der Waals surface area contributed by atoms with Gasteiger partial charge in [-0.05, 0) is 43.2 Å². The molecule has 0 saturated carbocycles. The maximum absolute atomic E-state index is 13.5. The fraction of sp³-hybridized carbons (Fsp3) is 0.154. The van der Waals surface area contributed by atoms with E-state index >= 15 is 0 Å². The Balaban J connectivity index is 1.59. The first kappa shape index (κ1) is 21.2. The van der Waals surface area contributed by atoms with Crippen LogP contribution in [0.15, 0.2) is 93.7 Å². The van der Waals surface area contributed by atoms with Crippen LogP contribution in [0.4, 0.5) is 0 Å². The molecule has 5 rings (SSSR count). The SMILES string of the molecule is Cc1cccn2c(=O)cc(CSc3nc4ccccc4c(=O)n3[C@@H](C)c3ccccc3)nc12. The summed E-state index contributed by atoms with van der Waals surface area (Å²) in [6.07, 6.45) is 1.72. The van der Waals surface area contributed by atoms with Crippen molar-refractivity contribution in [1.82, 2.24) is 18.9 Å². The highest BCUT2D eigenvalue weighted by atomic mass is 32.2. The number of hydrogen-bond acceptors (Lipinski definition) is 5. The van der Waals surface area contributed by atoms with E-state index in [4.69, 9.17) is 9.97 Å². The highest BCUT2D eigenvalue weighted by Crippen LogP contribution is 2.26. The predicted molar refractivity (Wildman–Crippen MR) is 132 cm³/mol. The molecule has 0 amide bonds. The van der Waals surface area contributed by atoms with Gasteiger partial charge in [-0.1, -0.05) is 60.3 Å². The summed E-state index contributed by atoms with van der Waals surface area (Å²) in [5.41, 5.74) is 3.70. The van der Waals surface area contributed by atoms with E-state index in [-0.39, 0.29) is 17.2 Å². The molecule has 0 saturated heterocycles. The predicted octanol–water partition coefficient (Wildman–Crippen LogP) is 4.61. The largest absolute Gasteiger partial charge is 0.280 e. The third-order valence-corrected chi connectivity index (χ3v) is 6.72. The maximum Gasteiger partial charge on any atom is 0.262 e. The summed E-state index contributed by atoms with van der Waals surface area (Å²) in [6, 6.07) is 22.4. The molecule has 5 aromatic rings. The molecule has 0 N–H and O–H groups in total. The molecule has 164 valence electrons. The van der Waals surface area contributed by atoms with E-state index in [0.29, 0.717) is 33.2 Å². The molecule has 6 nitrogen and oxygen atoms in total. The summed E-state index contributed by atoms with van der Waals surface area (Å²) in [5, 5.41) is 1.18. The summed E-state index contributed by atoms with van der Waals surface area (Å²) in [7, 11) is 0. The fourth-order valence-electron chi connectivity index (χ4n) is 3.97. The topological polar surface area (TPSA) is 69.3 Å². The van der Waals surface area contributed by atoms with Crippen LogP contribution in [0.25, 0.3) is 16.6 Å². The van der Waals surface area contributed by atoms with Gasteiger partial charge in [0.15, 0.2) is 5.16 Å². The number of para-hydroxylation sites is 1. The Morgan fingerprint density at radius 2 is 1.70 bits per heavy atom. The second-order valence-corrected chi connectivity index (χ2v) is 8.88. The van der Waals surface area contributed by atoms with Gasteiger partial charge in [0.1, 0.15) is 5.65 Å². The van der Waals surface area contributed by atoms with Gasteiger partial charge in [0.2, 0.25) is 0 Å². The molecular weight excluding hydrogens is 432 g/mol. The Labute approximate surface area is 194 Å². The summed E-state index contributed by atoms with van der Waals surface area (Å²) >= 11 is 1.42. The van der Waals surface area contributed by atoms with E-state index < -0.39 is 0 Å². The van der Waals surface area contributed by atoms with E-state index in [0.717, 1.165) is 11.1 Å². The van der Waals surface area contributed by atoms with Crippen molar-refractivity contribution in [2.24, 2.45) is 0 Å². The molecule has 0 aliphatic rings. The van der Waals surface area contributed by atoms with E-state index in [9.17, 15) is 9.59 Å². The Bertz CT molecular complexity index is 1590. The zero-order valence-electron chi connectivity index (χ0n) is 18.3. The lowest BCUT2D eigenvalue weighted by molar-refractivity contribution is 0.548. The zero-order valence-corrected chi connectivity index (χ0v) is 19.1. The van der Waals surface area contributed by atoms with Gasteiger partial charge in [0, 0.05) is 18.0 Å². The van der Waals surface area contributed by atoms with Crippen LogP contribution in [-0.2, 0) is 5.75 Å². The van der Waals surface area contributed by atoms with Gasteiger partial charge in [0.05, 0.1) is 22.6 Å². The Kier molecular flexibility index (Phi) is 5.56. The van der Waals surface area contributed by atoms with E-state index in [1.165, 1.54) is 11.8 Å². The molecule has 2 aromatic carbocycles.